The van der Waals surface area contributed by atoms with Gasteiger partial charge in [-0.2, -0.15) is 5.10 Å². The molecule has 1 aliphatic heterocycles. The number of fused-ring (bicyclic) bond motifs is 1. The first-order valence-electron chi connectivity index (χ1n) is 8.49. The summed E-state index contributed by atoms with van der Waals surface area (Å²) in [4.78, 5) is 0. The standard InChI is InChI=1S/C20H20ClN3O/c21-18-7-3-1-5-16(18)14-24-13-15(12-23-24)11-22-19-9-10-25-20-8-4-2-6-17(19)20/h1-8,12-13,19,22H,9-11,14H2/t19-/m0/s1. The van der Waals surface area contributed by atoms with Gasteiger partial charge in [0.05, 0.1) is 19.3 Å². The van der Waals surface area contributed by atoms with Crippen molar-refractivity contribution < 1.29 is 4.74 Å². The molecule has 0 unspecified atom stereocenters. The Morgan fingerprint density at radius 2 is 2.00 bits per heavy atom. The fourth-order valence-corrected chi connectivity index (χ4v) is 3.38. The Morgan fingerprint density at radius 1 is 1.16 bits per heavy atom. The molecule has 2 heterocycles. The second kappa shape index (κ2) is 7.30. The van der Waals surface area contributed by atoms with Crippen LogP contribution in [0.5, 0.6) is 5.75 Å². The molecule has 0 amide bonds. The molecular formula is C20H20ClN3O. The van der Waals surface area contributed by atoms with E-state index in [1.54, 1.807) is 0 Å². The SMILES string of the molecule is Clc1ccccc1Cn1cc(CN[C@H]2CCOc3ccccc32)cn1. The molecule has 0 saturated heterocycles. The van der Waals surface area contributed by atoms with Crippen LogP contribution in [-0.4, -0.2) is 16.4 Å². The van der Waals surface area contributed by atoms with Crippen molar-refractivity contribution in [2.24, 2.45) is 0 Å². The van der Waals surface area contributed by atoms with E-state index in [0.717, 1.165) is 41.5 Å². The van der Waals surface area contributed by atoms with E-state index in [9.17, 15) is 0 Å². The van der Waals surface area contributed by atoms with Crippen LogP contribution in [-0.2, 0) is 13.1 Å². The highest BCUT2D eigenvalue weighted by Crippen LogP contribution is 2.31. The first-order chi connectivity index (χ1) is 12.3. The van der Waals surface area contributed by atoms with Gasteiger partial charge in [0.2, 0.25) is 0 Å². The Kier molecular flexibility index (Phi) is 4.72. The number of hydrogen-bond donors (Lipinski definition) is 1. The van der Waals surface area contributed by atoms with E-state index in [2.05, 4.69) is 28.7 Å². The maximum Gasteiger partial charge on any atom is 0.124 e. The molecule has 128 valence electrons. The van der Waals surface area contributed by atoms with Crippen LogP contribution < -0.4 is 10.1 Å². The van der Waals surface area contributed by atoms with Crippen molar-refractivity contribution in [1.82, 2.24) is 15.1 Å². The molecule has 1 aromatic heterocycles. The van der Waals surface area contributed by atoms with Gasteiger partial charge in [-0.3, -0.25) is 4.68 Å². The Balaban J connectivity index is 1.40. The van der Waals surface area contributed by atoms with Crippen LogP contribution in [0.25, 0.3) is 0 Å². The molecule has 1 N–H and O–H groups in total. The number of halogens is 1. The topological polar surface area (TPSA) is 39.1 Å². The van der Waals surface area contributed by atoms with E-state index in [1.807, 2.05) is 47.3 Å². The summed E-state index contributed by atoms with van der Waals surface area (Å²) in [5, 5.41) is 8.85. The third kappa shape index (κ3) is 3.70. The van der Waals surface area contributed by atoms with Crippen molar-refractivity contribution in [3.8, 4) is 5.75 Å². The van der Waals surface area contributed by atoms with Gasteiger partial charge < -0.3 is 10.1 Å². The quantitative estimate of drug-likeness (QED) is 0.747. The fraction of sp³-hybridized carbons (Fsp3) is 0.250. The van der Waals surface area contributed by atoms with E-state index in [1.165, 1.54) is 5.56 Å². The molecule has 3 aromatic rings. The number of para-hydroxylation sites is 1. The van der Waals surface area contributed by atoms with E-state index < -0.39 is 0 Å². The largest absolute Gasteiger partial charge is 0.493 e. The third-order valence-corrected chi connectivity index (χ3v) is 4.86. The summed E-state index contributed by atoms with van der Waals surface area (Å²) >= 11 is 6.23. The number of aromatic nitrogens is 2. The lowest BCUT2D eigenvalue weighted by Gasteiger charge is -2.26. The zero-order valence-electron chi connectivity index (χ0n) is 13.9. The number of nitrogens with one attached hydrogen (secondary N) is 1. The van der Waals surface area contributed by atoms with E-state index >= 15 is 0 Å². The summed E-state index contributed by atoms with van der Waals surface area (Å²) in [6, 6.07) is 16.4. The van der Waals surface area contributed by atoms with Gasteiger partial charge in [0.1, 0.15) is 5.75 Å². The zero-order valence-corrected chi connectivity index (χ0v) is 14.6. The maximum absolute atomic E-state index is 6.23. The van der Waals surface area contributed by atoms with Crippen LogP contribution in [0.1, 0.15) is 29.2 Å². The number of nitrogens with zero attached hydrogens (tertiary/aromatic N) is 2. The Hall–Kier alpha value is -2.30. The first kappa shape index (κ1) is 16.2. The predicted octanol–water partition coefficient (Wildman–Crippen LogP) is 4.20. The molecule has 1 aliphatic rings. The Morgan fingerprint density at radius 3 is 2.92 bits per heavy atom. The molecule has 0 saturated carbocycles. The molecule has 2 aromatic carbocycles. The second-order valence-corrected chi connectivity index (χ2v) is 6.65. The fourth-order valence-electron chi connectivity index (χ4n) is 3.18. The van der Waals surface area contributed by atoms with Crippen LogP contribution in [0.2, 0.25) is 5.02 Å². The zero-order chi connectivity index (χ0) is 17.1. The molecular weight excluding hydrogens is 334 g/mol. The molecule has 0 spiro atoms. The van der Waals surface area contributed by atoms with Gasteiger partial charge >= 0.3 is 0 Å². The van der Waals surface area contributed by atoms with Gasteiger partial charge in [0.15, 0.2) is 0 Å². The van der Waals surface area contributed by atoms with Crippen LogP contribution in [0.3, 0.4) is 0 Å². The molecule has 25 heavy (non-hydrogen) atoms. The summed E-state index contributed by atoms with van der Waals surface area (Å²) in [6.45, 7) is 2.21. The monoisotopic (exact) mass is 353 g/mol. The summed E-state index contributed by atoms with van der Waals surface area (Å²) < 4.78 is 7.65. The van der Waals surface area contributed by atoms with E-state index in [4.69, 9.17) is 16.3 Å². The van der Waals surface area contributed by atoms with Crippen molar-refractivity contribution in [2.45, 2.75) is 25.6 Å². The lowest BCUT2D eigenvalue weighted by atomic mass is 10.0. The average Bonchev–Trinajstić information content (AvgIpc) is 3.09. The summed E-state index contributed by atoms with van der Waals surface area (Å²) in [5.74, 6) is 0.987. The number of benzene rings is 2. The van der Waals surface area contributed by atoms with Gasteiger partial charge in [0, 0.05) is 41.4 Å². The second-order valence-electron chi connectivity index (χ2n) is 6.25. The molecule has 1 atom stereocenters. The lowest BCUT2D eigenvalue weighted by molar-refractivity contribution is 0.252. The average molecular weight is 354 g/mol. The maximum atomic E-state index is 6.23. The van der Waals surface area contributed by atoms with E-state index in [-0.39, 0.29) is 0 Å². The Bertz CT molecular complexity index is 861. The van der Waals surface area contributed by atoms with Crippen LogP contribution in [0.4, 0.5) is 0 Å². The number of ether oxygens (including phenoxy) is 1. The van der Waals surface area contributed by atoms with Crippen molar-refractivity contribution in [1.29, 1.82) is 0 Å². The molecule has 0 bridgehead atoms. The predicted molar refractivity (Wildman–Crippen MR) is 98.9 cm³/mol. The minimum Gasteiger partial charge on any atom is -0.493 e. The summed E-state index contributed by atoms with van der Waals surface area (Å²) in [6.07, 6.45) is 4.96. The minimum absolute atomic E-state index is 0.317. The molecule has 4 rings (SSSR count). The molecule has 0 aliphatic carbocycles. The normalized spacial score (nSPS) is 16.3. The molecule has 0 fully saturated rings. The van der Waals surface area contributed by atoms with Crippen molar-refractivity contribution >= 4 is 11.6 Å². The van der Waals surface area contributed by atoms with Gasteiger partial charge in [-0.25, -0.2) is 0 Å². The molecule has 5 heteroatoms. The highest BCUT2D eigenvalue weighted by Gasteiger charge is 2.20. The van der Waals surface area contributed by atoms with Gasteiger partial charge in [-0.15, -0.1) is 0 Å². The third-order valence-electron chi connectivity index (χ3n) is 4.49. The minimum atomic E-state index is 0.317. The van der Waals surface area contributed by atoms with E-state index in [0.29, 0.717) is 12.6 Å². The Labute approximate surface area is 152 Å². The van der Waals surface area contributed by atoms with Crippen molar-refractivity contribution in [3.05, 3.63) is 82.6 Å². The van der Waals surface area contributed by atoms with Gasteiger partial charge in [-0.1, -0.05) is 48.0 Å². The number of rotatable bonds is 5. The van der Waals surface area contributed by atoms with Crippen LogP contribution in [0, 0.1) is 0 Å². The van der Waals surface area contributed by atoms with Crippen LogP contribution in [0.15, 0.2) is 60.9 Å². The van der Waals surface area contributed by atoms with Crippen LogP contribution >= 0.6 is 11.6 Å². The van der Waals surface area contributed by atoms with Gasteiger partial charge in [0.25, 0.3) is 0 Å². The van der Waals surface area contributed by atoms with Gasteiger partial charge in [-0.05, 0) is 17.7 Å². The summed E-state index contributed by atoms with van der Waals surface area (Å²) in [5.41, 5.74) is 3.47. The first-order valence-corrected chi connectivity index (χ1v) is 8.87. The highest BCUT2D eigenvalue weighted by atomic mass is 35.5. The molecule has 0 radical (unpaired) electrons. The number of hydrogen-bond acceptors (Lipinski definition) is 3. The lowest BCUT2D eigenvalue weighted by Crippen LogP contribution is -2.26. The highest BCUT2D eigenvalue weighted by molar-refractivity contribution is 6.31. The summed E-state index contributed by atoms with van der Waals surface area (Å²) in [7, 11) is 0. The smallest absolute Gasteiger partial charge is 0.124 e. The van der Waals surface area contributed by atoms with Crippen molar-refractivity contribution in [3.63, 3.8) is 0 Å². The van der Waals surface area contributed by atoms with Crippen molar-refractivity contribution in [2.75, 3.05) is 6.61 Å². The molecule has 4 nitrogen and oxygen atoms in total.